The molecule has 1 heterocycles. The van der Waals surface area contributed by atoms with E-state index < -0.39 is 6.04 Å². The van der Waals surface area contributed by atoms with Gasteiger partial charge >= 0.3 is 0 Å². The minimum Gasteiger partial charge on any atom is -0.316 e. The molecular weight excluding hydrogens is 285 g/mol. The van der Waals surface area contributed by atoms with Gasteiger partial charge in [0, 0.05) is 12.0 Å². The maximum Gasteiger partial charge on any atom is 0.127 e. The van der Waals surface area contributed by atoms with Crippen LogP contribution < -0.4 is 5.73 Å². The van der Waals surface area contributed by atoms with Crippen LogP contribution >= 0.6 is 11.3 Å². The predicted octanol–water partition coefficient (Wildman–Crippen LogP) is 3.50. The van der Waals surface area contributed by atoms with Crippen molar-refractivity contribution in [3.63, 3.8) is 0 Å². The molecule has 0 bridgehead atoms. The molecule has 0 spiro atoms. The largest absolute Gasteiger partial charge is 0.316 e. The third-order valence-corrected chi connectivity index (χ3v) is 4.29. The van der Waals surface area contributed by atoms with Gasteiger partial charge in [-0.15, -0.1) is 11.3 Å². The number of fused-ring (bicyclic) bond motifs is 1. The first-order chi connectivity index (χ1) is 10.2. The van der Waals surface area contributed by atoms with Gasteiger partial charge in [0.15, 0.2) is 0 Å². The van der Waals surface area contributed by atoms with E-state index in [4.69, 9.17) is 11.0 Å². The number of nitriles is 1. The molecule has 3 aromatic rings. The molecule has 1 atom stereocenters. The summed E-state index contributed by atoms with van der Waals surface area (Å²) in [4.78, 5) is 4.51. The number of nitrogens with zero attached hydrogens (tertiary/aromatic N) is 2. The number of thiazole rings is 1. The second kappa shape index (κ2) is 5.60. The van der Waals surface area contributed by atoms with Crippen LogP contribution in [-0.2, 0) is 6.42 Å². The summed E-state index contributed by atoms with van der Waals surface area (Å²) in [6, 6.07) is 14.0. The molecule has 1 unspecified atom stereocenters. The number of benzene rings is 2. The van der Waals surface area contributed by atoms with Crippen LogP contribution in [-0.4, -0.2) is 11.0 Å². The standard InChI is InChI=1S/C16H12FN3S/c17-13-8-11(6-5-10(13)7-12(19)9-18)16-20-14-3-1-2-4-15(14)21-16/h1-6,8,12H,7,19H2. The lowest BCUT2D eigenvalue weighted by atomic mass is 10.0. The lowest BCUT2D eigenvalue weighted by Crippen LogP contribution is -2.20. The van der Waals surface area contributed by atoms with Crippen LogP contribution in [0.4, 0.5) is 4.39 Å². The summed E-state index contributed by atoms with van der Waals surface area (Å²) in [6.45, 7) is 0. The summed E-state index contributed by atoms with van der Waals surface area (Å²) in [7, 11) is 0. The molecular formula is C16H12FN3S. The topological polar surface area (TPSA) is 62.7 Å². The molecule has 0 saturated heterocycles. The minimum atomic E-state index is -0.687. The average Bonchev–Trinajstić information content (AvgIpc) is 2.93. The molecule has 0 aliphatic heterocycles. The van der Waals surface area contributed by atoms with Crippen LogP contribution in [0.2, 0.25) is 0 Å². The third kappa shape index (κ3) is 2.77. The number of aromatic nitrogens is 1. The van der Waals surface area contributed by atoms with E-state index in [0.717, 1.165) is 20.8 Å². The van der Waals surface area contributed by atoms with Crippen molar-refractivity contribution >= 4 is 21.6 Å². The Bertz CT molecular complexity index is 802. The highest BCUT2D eigenvalue weighted by Gasteiger charge is 2.11. The summed E-state index contributed by atoms with van der Waals surface area (Å²) < 4.78 is 15.2. The zero-order valence-electron chi connectivity index (χ0n) is 11.1. The maximum absolute atomic E-state index is 14.1. The Kier molecular flexibility index (Phi) is 3.65. The van der Waals surface area contributed by atoms with Gasteiger partial charge in [-0.3, -0.25) is 0 Å². The number of para-hydroxylation sites is 1. The second-order valence-electron chi connectivity index (χ2n) is 4.73. The molecule has 3 rings (SSSR count). The zero-order chi connectivity index (χ0) is 14.8. The molecule has 21 heavy (non-hydrogen) atoms. The van der Waals surface area contributed by atoms with Gasteiger partial charge < -0.3 is 5.73 Å². The molecule has 5 heteroatoms. The SMILES string of the molecule is N#CC(N)Cc1ccc(-c2nc3ccccc3s2)cc1F. The summed E-state index contributed by atoms with van der Waals surface area (Å²) >= 11 is 1.53. The maximum atomic E-state index is 14.1. The van der Waals surface area contributed by atoms with Gasteiger partial charge in [-0.25, -0.2) is 9.37 Å². The quantitative estimate of drug-likeness (QED) is 0.805. The number of rotatable bonds is 3. The van der Waals surface area contributed by atoms with Crippen molar-refractivity contribution in [2.75, 3.05) is 0 Å². The van der Waals surface area contributed by atoms with E-state index in [1.165, 1.54) is 17.4 Å². The highest BCUT2D eigenvalue weighted by atomic mass is 32.1. The van der Waals surface area contributed by atoms with Crippen molar-refractivity contribution < 1.29 is 4.39 Å². The normalized spacial score (nSPS) is 12.2. The number of hydrogen-bond donors (Lipinski definition) is 1. The van der Waals surface area contributed by atoms with Gasteiger partial charge in [-0.1, -0.05) is 24.3 Å². The van der Waals surface area contributed by atoms with Gasteiger partial charge in [0.2, 0.25) is 0 Å². The van der Waals surface area contributed by atoms with E-state index in [1.54, 1.807) is 6.07 Å². The van der Waals surface area contributed by atoms with E-state index in [2.05, 4.69) is 4.98 Å². The van der Waals surface area contributed by atoms with Crippen LogP contribution in [0.15, 0.2) is 42.5 Å². The summed E-state index contributed by atoms with van der Waals surface area (Å²) in [5, 5.41) is 9.48. The fourth-order valence-electron chi connectivity index (χ4n) is 2.12. The molecule has 0 saturated carbocycles. The van der Waals surface area contributed by atoms with Crippen molar-refractivity contribution in [1.82, 2.24) is 4.98 Å². The Morgan fingerprint density at radius 2 is 2.10 bits per heavy atom. The van der Waals surface area contributed by atoms with E-state index in [9.17, 15) is 4.39 Å². The lowest BCUT2D eigenvalue weighted by molar-refractivity contribution is 0.604. The zero-order valence-corrected chi connectivity index (χ0v) is 11.9. The van der Waals surface area contributed by atoms with Crippen molar-refractivity contribution in [3.05, 3.63) is 53.8 Å². The first kappa shape index (κ1) is 13.7. The number of hydrogen-bond acceptors (Lipinski definition) is 4. The molecule has 0 amide bonds. The van der Waals surface area contributed by atoms with Crippen LogP contribution in [0.25, 0.3) is 20.8 Å². The molecule has 3 nitrogen and oxygen atoms in total. The van der Waals surface area contributed by atoms with Crippen LogP contribution in [0.1, 0.15) is 5.56 Å². The number of halogens is 1. The molecule has 0 aliphatic carbocycles. The Hall–Kier alpha value is -2.29. The smallest absolute Gasteiger partial charge is 0.127 e. The first-order valence-corrected chi connectivity index (χ1v) is 7.28. The number of nitrogens with two attached hydrogens (primary N) is 1. The van der Waals surface area contributed by atoms with E-state index in [0.29, 0.717) is 5.56 Å². The summed E-state index contributed by atoms with van der Waals surface area (Å²) in [6.07, 6.45) is 0.211. The fraction of sp³-hybridized carbons (Fsp3) is 0.125. The van der Waals surface area contributed by atoms with Crippen molar-refractivity contribution in [2.45, 2.75) is 12.5 Å². The molecule has 104 valence electrons. The molecule has 0 aliphatic rings. The van der Waals surface area contributed by atoms with Gasteiger partial charge in [0.1, 0.15) is 10.8 Å². The lowest BCUT2D eigenvalue weighted by Gasteiger charge is -2.06. The molecule has 0 fully saturated rings. The summed E-state index contributed by atoms with van der Waals surface area (Å²) in [5.41, 5.74) is 7.64. The van der Waals surface area contributed by atoms with Gasteiger partial charge in [-0.05, 0) is 23.8 Å². The molecule has 2 aromatic carbocycles. The first-order valence-electron chi connectivity index (χ1n) is 6.47. The fourth-order valence-corrected chi connectivity index (χ4v) is 3.09. The molecule has 0 radical (unpaired) electrons. The van der Waals surface area contributed by atoms with Crippen molar-refractivity contribution in [3.8, 4) is 16.6 Å². The van der Waals surface area contributed by atoms with Gasteiger partial charge in [-0.2, -0.15) is 5.26 Å². The molecule has 2 N–H and O–H groups in total. The molecule has 1 aromatic heterocycles. The van der Waals surface area contributed by atoms with Gasteiger partial charge in [0.05, 0.1) is 22.3 Å². The predicted molar refractivity (Wildman–Crippen MR) is 82.3 cm³/mol. The van der Waals surface area contributed by atoms with Crippen LogP contribution in [0.3, 0.4) is 0 Å². The van der Waals surface area contributed by atoms with E-state index >= 15 is 0 Å². The van der Waals surface area contributed by atoms with E-state index in [-0.39, 0.29) is 12.2 Å². The highest BCUT2D eigenvalue weighted by Crippen LogP contribution is 2.30. The van der Waals surface area contributed by atoms with Gasteiger partial charge in [0.25, 0.3) is 0 Å². The van der Waals surface area contributed by atoms with Crippen LogP contribution in [0, 0.1) is 17.1 Å². The average molecular weight is 297 g/mol. The Morgan fingerprint density at radius 3 is 2.81 bits per heavy atom. The summed E-state index contributed by atoms with van der Waals surface area (Å²) in [5.74, 6) is -0.350. The van der Waals surface area contributed by atoms with Crippen molar-refractivity contribution in [1.29, 1.82) is 5.26 Å². The third-order valence-electron chi connectivity index (χ3n) is 3.20. The van der Waals surface area contributed by atoms with E-state index in [1.807, 2.05) is 36.4 Å². The van der Waals surface area contributed by atoms with Crippen LogP contribution in [0.5, 0.6) is 0 Å². The van der Waals surface area contributed by atoms with Crippen molar-refractivity contribution in [2.24, 2.45) is 5.73 Å². The highest BCUT2D eigenvalue weighted by molar-refractivity contribution is 7.21. The second-order valence-corrected chi connectivity index (χ2v) is 5.76. The Morgan fingerprint density at radius 1 is 1.29 bits per heavy atom. The monoisotopic (exact) mass is 297 g/mol. The minimum absolute atomic E-state index is 0.211. The Labute approximate surface area is 125 Å². The Balaban J connectivity index is 1.96.